The fourth-order valence-electron chi connectivity index (χ4n) is 3.63. The molecule has 1 aliphatic carbocycles. The van der Waals surface area contributed by atoms with E-state index in [0.29, 0.717) is 11.6 Å². The Bertz CT molecular complexity index is 249. The highest BCUT2D eigenvalue weighted by Crippen LogP contribution is 2.32. The lowest BCUT2D eigenvalue weighted by Gasteiger charge is -2.49. The molecule has 0 aromatic carbocycles. The molecule has 0 aromatic rings. The summed E-state index contributed by atoms with van der Waals surface area (Å²) in [5.74, 6) is 0.985. The molecule has 3 unspecified atom stereocenters. The number of nitrogens with zero attached hydrogens (tertiary/aromatic N) is 1. The van der Waals surface area contributed by atoms with Crippen molar-refractivity contribution in [3.8, 4) is 0 Å². The molecule has 2 nitrogen and oxygen atoms in total. The molecule has 2 heteroatoms. The van der Waals surface area contributed by atoms with Crippen LogP contribution in [-0.4, -0.2) is 35.6 Å². The van der Waals surface area contributed by atoms with Crippen LogP contribution >= 0.6 is 0 Å². The van der Waals surface area contributed by atoms with Crippen LogP contribution in [0.4, 0.5) is 0 Å². The van der Waals surface area contributed by atoms with E-state index in [2.05, 4.69) is 37.9 Å². The molecule has 3 atom stereocenters. The molecule has 1 saturated heterocycles. The predicted molar refractivity (Wildman–Crippen MR) is 74.3 cm³/mol. The maximum Gasteiger partial charge on any atom is 0.0253 e. The van der Waals surface area contributed by atoms with Gasteiger partial charge in [-0.3, -0.25) is 4.90 Å². The Morgan fingerprint density at radius 1 is 1.29 bits per heavy atom. The first-order valence-electron chi connectivity index (χ1n) is 7.52. The molecule has 100 valence electrons. The van der Waals surface area contributed by atoms with Crippen LogP contribution in [0, 0.1) is 5.92 Å². The number of rotatable bonds is 2. The Kier molecular flexibility index (Phi) is 4.14. The highest BCUT2D eigenvalue weighted by atomic mass is 15.3. The van der Waals surface area contributed by atoms with Gasteiger partial charge in [0.15, 0.2) is 0 Å². The van der Waals surface area contributed by atoms with Gasteiger partial charge in [0.1, 0.15) is 0 Å². The zero-order valence-corrected chi connectivity index (χ0v) is 12.1. The van der Waals surface area contributed by atoms with Gasteiger partial charge in [0.25, 0.3) is 0 Å². The van der Waals surface area contributed by atoms with E-state index in [1.54, 1.807) is 0 Å². The fraction of sp³-hybridized carbons (Fsp3) is 1.00. The molecule has 0 spiro atoms. The first-order chi connectivity index (χ1) is 8.02. The Balaban J connectivity index is 1.99. The Hall–Kier alpha value is -0.0800. The second kappa shape index (κ2) is 5.27. The van der Waals surface area contributed by atoms with Crippen LogP contribution in [0.1, 0.15) is 59.8 Å². The van der Waals surface area contributed by atoms with Crippen molar-refractivity contribution in [2.45, 2.75) is 77.4 Å². The number of nitrogens with one attached hydrogen (secondary N) is 1. The molecular weight excluding hydrogens is 208 g/mol. The standard InChI is InChI=1S/C15H30N2/c1-5-13-7-6-8-14(9-13)17-11-15(3,4)16-10-12(17)2/h12-14,16H,5-11H2,1-4H3. The number of hydrogen-bond donors (Lipinski definition) is 1. The van der Waals surface area contributed by atoms with Crippen LogP contribution in [0.2, 0.25) is 0 Å². The van der Waals surface area contributed by atoms with E-state index in [-0.39, 0.29) is 0 Å². The van der Waals surface area contributed by atoms with Crippen molar-refractivity contribution in [3.05, 3.63) is 0 Å². The minimum Gasteiger partial charge on any atom is -0.309 e. The smallest absolute Gasteiger partial charge is 0.0253 e. The van der Waals surface area contributed by atoms with Crippen LogP contribution in [-0.2, 0) is 0 Å². The molecule has 0 amide bonds. The average Bonchev–Trinajstić information content (AvgIpc) is 2.32. The van der Waals surface area contributed by atoms with Crippen molar-refractivity contribution in [3.63, 3.8) is 0 Å². The molecular formula is C15H30N2. The summed E-state index contributed by atoms with van der Waals surface area (Å²) in [4.78, 5) is 2.79. The first-order valence-corrected chi connectivity index (χ1v) is 7.52. The lowest BCUT2D eigenvalue weighted by molar-refractivity contribution is 0.0345. The van der Waals surface area contributed by atoms with Gasteiger partial charge in [0, 0.05) is 30.7 Å². The molecule has 1 saturated carbocycles. The Labute approximate surface area is 107 Å². The van der Waals surface area contributed by atoms with Crippen molar-refractivity contribution < 1.29 is 0 Å². The molecule has 0 aromatic heterocycles. The minimum atomic E-state index is 0.297. The first kappa shape index (κ1) is 13.4. The molecule has 17 heavy (non-hydrogen) atoms. The van der Waals surface area contributed by atoms with Crippen molar-refractivity contribution in [2.24, 2.45) is 5.92 Å². The van der Waals surface area contributed by atoms with E-state index < -0.39 is 0 Å². The summed E-state index contributed by atoms with van der Waals surface area (Å²) in [6.07, 6.45) is 7.16. The minimum absolute atomic E-state index is 0.297. The lowest BCUT2D eigenvalue weighted by Crippen LogP contribution is -2.63. The van der Waals surface area contributed by atoms with Crippen molar-refractivity contribution in [1.82, 2.24) is 10.2 Å². The van der Waals surface area contributed by atoms with Gasteiger partial charge < -0.3 is 5.32 Å². The Morgan fingerprint density at radius 2 is 2.06 bits per heavy atom. The second-order valence-corrected chi connectivity index (χ2v) is 6.88. The van der Waals surface area contributed by atoms with E-state index in [4.69, 9.17) is 0 Å². The zero-order chi connectivity index (χ0) is 12.5. The molecule has 2 rings (SSSR count). The monoisotopic (exact) mass is 238 g/mol. The van der Waals surface area contributed by atoms with Crippen molar-refractivity contribution in [2.75, 3.05) is 13.1 Å². The van der Waals surface area contributed by atoms with Gasteiger partial charge in [-0.2, -0.15) is 0 Å². The third-order valence-electron chi connectivity index (χ3n) is 4.82. The summed E-state index contributed by atoms with van der Waals surface area (Å²) >= 11 is 0. The summed E-state index contributed by atoms with van der Waals surface area (Å²) in [7, 11) is 0. The summed E-state index contributed by atoms with van der Waals surface area (Å²) in [6, 6.07) is 1.56. The van der Waals surface area contributed by atoms with E-state index in [9.17, 15) is 0 Å². The maximum atomic E-state index is 3.66. The SMILES string of the molecule is CCC1CCCC(N2CC(C)(C)NCC2C)C1. The van der Waals surface area contributed by atoms with Gasteiger partial charge >= 0.3 is 0 Å². The topological polar surface area (TPSA) is 15.3 Å². The summed E-state index contributed by atoms with van der Waals surface area (Å²) in [5.41, 5.74) is 0.297. The average molecular weight is 238 g/mol. The van der Waals surface area contributed by atoms with Crippen LogP contribution in [0.3, 0.4) is 0 Å². The molecule has 1 N–H and O–H groups in total. The summed E-state index contributed by atoms with van der Waals surface area (Å²) in [5, 5.41) is 3.66. The van der Waals surface area contributed by atoms with Gasteiger partial charge in [0.2, 0.25) is 0 Å². The molecule has 2 aliphatic rings. The van der Waals surface area contributed by atoms with Crippen molar-refractivity contribution in [1.29, 1.82) is 0 Å². The second-order valence-electron chi connectivity index (χ2n) is 6.88. The van der Waals surface area contributed by atoms with Crippen LogP contribution < -0.4 is 5.32 Å². The van der Waals surface area contributed by atoms with Crippen LogP contribution in [0.15, 0.2) is 0 Å². The maximum absolute atomic E-state index is 3.66. The molecule has 0 bridgehead atoms. The van der Waals surface area contributed by atoms with E-state index in [1.165, 1.54) is 38.6 Å². The fourth-order valence-corrected chi connectivity index (χ4v) is 3.63. The molecule has 1 heterocycles. The Morgan fingerprint density at radius 3 is 2.76 bits per heavy atom. The van der Waals surface area contributed by atoms with E-state index >= 15 is 0 Å². The van der Waals surface area contributed by atoms with Crippen molar-refractivity contribution >= 4 is 0 Å². The van der Waals surface area contributed by atoms with Gasteiger partial charge in [-0.25, -0.2) is 0 Å². The summed E-state index contributed by atoms with van der Waals surface area (Å²) in [6.45, 7) is 11.8. The van der Waals surface area contributed by atoms with Crippen LogP contribution in [0.25, 0.3) is 0 Å². The van der Waals surface area contributed by atoms with E-state index in [1.807, 2.05) is 0 Å². The predicted octanol–water partition coefficient (Wildman–Crippen LogP) is 3.03. The zero-order valence-electron chi connectivity index (χ0n) is 12.1. The largest absolute Gasteiger partial charge is 0.309 e. The third kappa shape index (κ3) is 3.23. The summed E-state index contributed by atoms with van der Waals surface area (Å²) < 4.78 is 0. The van der Waals surface area contributed by atoms with E-state index in [0.717, 1.165) is 18.5 Å². The van der Waals surface area contributed by atoms with Gasteiger partial charge in [0.05, 0.1) is 0 Å². The number of piperazine rings is 1. The van der Waals surface area contributed by atoms with Gasteiger partial charge in [-0.1, -0.05) is 26.2 Å². The highest BCUT2D eigenvalue weighted by molar-refractivity contribution is 4.94. The molecule has 0 radical (unpaired) electrons. The molecule has 1 aliphatic heterocycles. The van der Waals surface area contributed by atoms with Gasteiger partial charge in [-0.15, -0.1) is 0 Å². The quantitative estimate of drug-likeness (QED) is 0.795. The third-order valence-corrected chi connectivity index (χ3v) is 4.82. The number of hydrogen-bond acceptors (Lipinski definition) is 2. The lowest BCUT2D eigenvalue weighted by atomic mass is 9.82. The van der Waals surface area contributed by atoms with Gasteiger partial charge in [-0.05, 0) is 39.5 Å². The molecule has 2 fully saturated rings. The highest BCUT2D eigenvalue weighted by Gasteiger charge is 2.35. The van der Waals surface area contributed by atoms with Crippen LogP contribution in [0.5, 0.6) is 0 Å². The normalized spacial score (nSPS) is 39.2.